The number of likely N-dealkylation sites (N-methyl/N-ethyl adjacent to an activating group) is 1. The first-order valence-electron chi connectivity index (χ1n) is 4.80. The van der Waals surface area contributed by atoms with Crippen LogP contribution >= 0.6 is 0 Å². The van der Waals surface area contributed by atoms with Crippen LogP contribution in [0.25, 0.3) is 0 Å². The molecule has 0 heterocycles. The average molecular weight is 185 g/mol. The zero-order chi connectivity index (χ0) is 10.3. The molecule has 0 bridgehead atoms. The van der Waals surface area contributed by atoms with E-state index in [0.29, 0.717) is 12.2 Å². The van der Waals surface area contributed by atoms with Gasteiger partial charge in [-0.05, 0) is 32.3 Å². The van der Waals surface area contributed by atoms with E-state index in [4.69, 9.17) is 5.11 Å². The Morgan fingerprint density at radius 2 is 2.00 bits per heavy atom. The number of rotatable bonds is 6. The lowest BCUT2D eigenvalue weighted by Crippen LogP contribution is -2.21. The lowest BCUT2D eigenvalue weighted by Gasteiger charge is -2.08. The lowest BCUT2D eigenvalue weighted by atomic mass is 10.1. The number of hydrogen-bond donors (Lipinski definition) is 2. The van der Waals surface area contributed by atoms with Crippen LogP contribution in [-0.4, -0.2) is 17.6 Å². The summed E-state index contributed by atoms with van der Waals surface area (Å²) in [4.78, 5) is 10.8. The number of nitrogens with one attached hydrogen (secondary N) is 1. The Balaban J connectivity index is 4.35. The zero-order valence-corrected chi connectivity index (χ0v) is 8.68. The summed E-state index contributed by atoms with van der Waals surface area (Å²) in [5.41, 5.74) is 1.31. The predicted molar refractivity (Wildman–Crippen MR) is 53.5 cm³/mol. The second kappa shape index (κ2) is 6.52. The van der Waals surface area contributed by atoms with E-state index in [-0.39, 0.29) is 0 Å². The van der Waals surface area contributed by atoms with Crippen LogP contribution < -0.4 is 5.32 Å². The van der Waals surface area contributed by atoms with Gasteiger partial charge in [0.2, 0.25) is 0 Å². The molecule has 2 N–H and O–H groups in total. The van der Waals surface area contributed by atoms with Gasteiger partial charge in [0.15, 0.2) is 0 Å². The summed E-state index contributed by atoms with van der Waals surface area (Å²) in [6, 6.07) is 0. The molecule has 3 nitrogen and oxygen atoms in total. The van der Waals surface area contributed by atoms with Gasteiger partial charge in [-0.15, -0.1) is 0 Å². The predicted octanol–water partition coefficient (Wildman–Crippen LogP) is 2.14. The van der Waals surface area contributed by atoms with Crippen LogP contribution in [0.2, 0.25) is 0 Å². The Morgan fingerprint density at radius 3 is 2.38 bits per heavy atom. The Morgan fingerprint density at radius 1 is 1.38 bits per heavy atom. The quantitative estimate of drug-likeness (QED) is 0.623. The summed E-state index contributed by atoms with van der Waals surface area (Å²) >= 11 is 0. The third kappa shape index (κ3) is 4.55. The molecule has 0 aromatic heterocycles. The average Bonchev–Trinajstić information content (AvgIpc) is 2.09. The van der Waals surface area contributed by atoms with Crippen LogP contribution in [0.1, 0.15) is 40.0 Å². The van der Waals surface area contributed by atoms with Gasteiger partial charge in [-0.1, -0.05) is 13.3 Å². The van der Waals surface area contributed by atoms with Gasteiger partial charge in [0.25, 0.3) is 0 Å². The van der Waals surface area contributed by atoms with Crippen LogP contribution in [0.5, 0.6) is 0 Å². The van der Waals surface area contributed by atoms with E-state index in [9.17, 15) is 4.79 Å². The van der Waals surface area contributed by atoms with Gasteiger partial charge in [0.05, 0.1) is 0 Å². The molecule has 0 aromatic rings. The number of aliphatic carboxylic acids is 1. The Bertz CT molecular complexity index is 197. The Labute approximate surface area is 79.8 Å². The lowest BCUT2D eigenvalue weighted by molar-refractivity contribution is -0.133. The Kier molecular flexibility index (Phi) is 6.02. The first-order chi connectivity index (χ1) is 6.13. The van der Waals surface area contributed by atoms with Crippen molar-refractivity contribution in [1.29, 1.82) is 0 Å². The van der Waals surface area contributed by atoms with Crippen LogP contribution in [0, 0.1) is 0 Å². The largest absolute Gasteiger partial charge is 0.477 e. The van der Waals surface area contributed by atoms with Crippen LogP contribution in [0.3, 0.4) is 0 Å². The third-order valence-corrected chi connectivity index (χ3v) is 1.90. The number of carboxylic acid groups (broad SMARTS) is 1. The monoisotopic (exact) mass is 185 g/mol. The van der Waals surface area contributed by atoms with Crippen molar-refractivity contribution in [2.45, 2.75) is 40.0 Å². The van der Waals surface area contributed by atoms with E-state index in [1.807, 2.05) is 13.8 Å². The molecule has 0 unspecified atom stereocenters. The van der Waals surface area contributed by atoms with Gasteiger partial charge in [0.1, 0.15) is 5.70 Å². The van der Waals surface area contributed by atoms with Crippen molar-refractivity contribution in [3.8, 4) is 0 Å². The molecule has 0 aliphatic carbocycles. The molecule has 3 heteroatoms. The minimum atomic E-state index is -0.851. The molecule has 0 amide bonds. The van der Waals surface area contributed by atoms with Crippen molar-refractivity contribution in [2.24, 2.45) is 0 Å². The number of carbonyl (C=O) groups is 1. The minimum absolute atomic E-state index is 0.371. The fraction of sp³-hybridized carbons (Fsp3) is 0.700. The van der Waals surface area contributed by atoms with Gasteiger partial charge in [-0.25, -0.2) is 4.79 Å². The summed E-state index contributed by atoms with van der Waals surface area (Å²) in [5, 5.41) is 11.7. The van der Waals surface area contributed by atoms with Crippen molar-refractivity contribution in [2.75, 3.05) is 6.54 Å². The highest BCUT2D eigenvalue weighted by molar-refractivity contribution is 5.86. The van der Waals surface area contributed by atoms with Crippen LogP contribution in [0.4, 0.5) is 0 Å². The van der Waals surface area contributed by atoms with E-state index in [2.05, 4.69) is 12.2 Å². The van der Waals surface area contributed by atoms with Gasteiger partial charge in [0, 0.05) is 6.54 Å². The maximum Gasteiger partial charge on any atom is 0.351 e. The first-order valence-corrected chi connectivity index (χ1v) is 4.80. The highest BCUT2D eigenvalue weighted by Crippen LogP contribution is 2.10. The topological polar surface area (TPSA) is 49.3 Å². The molecule has 0 aliphatic heterocycles. The molecule has 0 saturated carbocycles. The summed E-state index contributed by atoms with van der Waals surface area (Å²) in [7, 11) is 0. The summed E-state index contributed by atoms with van der Waals surface area (Å²) in [6.07, 6.45) is 3.01. The molecule has 0 fully saturated rings. The van der Waals surface area contributed by atoms with Crippen LogP contribution in [-0.2, 0) is 4.79 Å². The molecule has 0 radical (unpaired) electrons. The Hall–Kier alpha value is -0.990. The normalized spacial score (nSPS) is 12.2. The van der Waals surface area contributed by atoms with Crippen molar-refractivity contribution in [1.82, 2.24) is 5.32 Å². The van der Waals surface area contributed by atoms with Gasteiger partial charge < -0.3 is 10.4 Å². The smallest absolute Gasteiger partial charge is 0.351 e. The van der Waals surface area contributed by atoms with Crippen molar-refractivity contribution in [3.63, 3.8) is 0 Å². The van der Waals surface area contributed by atoms with Crippen molar-refractivity contribution >= 4 is 5.97 Å². The molecule has 0 aromatic carbocycles. The van der Waals surface area contributed by atoms with Crippen molar-refractivity contribution < 1.29 is 9.90 Å². The van der Waals surface area contributed by atoms with Gasteiger partial charge in [-0.2, -0.15) is 0 Å². The molecule has 0 atom stereocenters. The van der Waals surface area contributed by atoms with Gasteiger partial charge in [-0.3, -0.25) is 0 Å². The molecule has 0 saturated heterocycles. The highest BCUT2D eigenvalue weighted by Gasteiger charge is 2.08. The molecule has 0 spiro atoms. The van der Waals surface area contributed by atoms with Gasteiger partial charge >= 0.3 is 5.97 Å². The molecular weight excluding hydrogens is 166 g/mol. The molecule has 76 valence electrons. The van der Waals surface area contributed by atoms with E-state index < -0.39 is 5.97 Å². The summed E-state index contributed by atoms with van der Waals surface area (Å²) < 4.78 is 0. The maximum absolute atomic E-state index is 10.8. The molecule has 13 heavy (non-hydrogen) atoms. The SMILES string of the molecule is CCCCC(C)=C(NCC)C(=O)O. The number of allylic oxidation sites excluding steroid dienone is 1. The van der Waals surface area contributed by atoms with E-state index in [1.54, 1.807) is 0 Å². The highest BCUT2D eigenvalue weighted by atomic mass is 16.4. The minimum Gasteiger partial charge on any atom is -0.477 e. The fourth-order valence-electron chi connectivity index (χ4n) is 1.15. The van der Waals surface area contributed by atoms with E-state index >= 15 is 0 Å². The third-order valence-electron chi connectivity index (χ3n) is 1.90. The summed E-state index contributed by atoms with van der Waals surface area (Å²) in [5.74, 6) is -0.851. The number of carboxylic acids is 1. The number of unbranched alkanes of at least 4 members (excludes halogenated alkanes) is 1. The standard InChI is InChI=1S/C10H19NO2/c1-4-6-7-8(3)9(10(12)13)11-5-2/h11H,4-7H2,1-3H3,(H,12,13). The second-order valence-corrected chi connectivity index (χ2v) is 3.09. The summed E-state index contributed by atoms with van der Waals surface area (Å²) in [6.45, 7) is 6.53. The number of hydrogen-bond acceptors (Lipinski definition) is 2. The second-order valence-electron chi connectivity index (χ2n) is 3.09. The maximum atomic E-state index is 10.8. The fourth-order valence-corrected chi connectivity index (χ4v) is 1.15. The van der Waals surface area contributed by atoms with Crippen LogP contribution in [0.15, 0.2) is 11.3 Å². The van der Waals surface area contributed by atoms with E-state index in [1.165, 1.54) is 0 Å². The molecule has 0 aliphatic rings. The van der Waals surface area contributed by atoms with E-state index in [0.717, 1.165) is 24.8 Å². The molecule has 0 rings (SSSR count). The molecular formula is C10H19NO2. The zero-order valence-electron chi connectivity index (χ0n) is 8.68. The van der Waals surface area contributed by atoms with Crippen molar-refractivity contribution in [3.05, 3.63) is 11.3 Å². The first kappa shape index (κ1) is 12.0.